The summed E-state index contributed by atoms with van der Waals surface area (Å²) in [5.41, 5.74) is 0. The van der Waals surface area contributed by atoms with Gasteiger partial charge in [-0.3, -0.25) is 9.59 Å². The van der Waals surface area contributed by atoms with Gasteiger partial charge in [-0.15, -0.1) is 11.8 Å². The Morgan fingerprint density at radius 2 is 1.84 bits per heavy atom. The fourth-order valence-corrected chi connectivity index (χ4v) is 3.75. The topological polar surface area (TPSA) is 66.4 Å². The van der Waals surface area contributed by atoms with E-state index in [4.69, 9.17) is 5.11 Å². The molecule has 0 aromatic heterocycles. The van der Waals surface area contributed by atoms with Crippen LogP contribution in [-0.2, 0) is 9.59 Å². The van der Waals surface area contributed by atoms with Crippen LogP contribution in [0.25, 0.3) is 0 Å². The minimum absolute atomic E-state index is 0.152. The number of amides is 1. The van der Waals surface area contributed by atoms with Gasteiger partial charge in [-0.2, -0.15) is 0 Å². The van der Waals surface area contributed by atoms with Crippen molar-refractivity contribution in [3.05, 3.63) is 30.3 Å². The van der Waals surface area contributed by atoms with E-state index in [2.05, 4.69) is 5.32 Å². The largest absolute Gasteiger partial charge is 0.480 e. The first-order valence-corrected chi connectivity index (χ1v) is 7.18. The summed E-state index contributed by atoms with van der Waals surface area (Å²) >= 11 is 1.55. The lowest BCUT2D eigenvalue weighted by Crippen LogP contribution is -2.44. The van der Waals surface area contributed by atoms with Crippen LogP contribution in [0.4, 0.5) is 0 Å². The normalized spacial score (nSPS) is 17.1. The molecule has 0 unspecified atom stereocenters. The monoisotopic (exact) mass is 279 g/mol. The standard InChI is InChI=1S/C14H17NO3S/c16-12(17)10-15-13(18)14(8-4-5-9-14)19-11-6-2-1-3-7-11/h1-3,6-7H,4-5,8-10H2,(H,15,18)(H,16,17). The lowest BCUT2D eigenvalue weighted by Gasteiger charge is -2.26. The second kappa shape index (κ2) is 6.10. The quantitative estimate of drug-likeness (QED) is 0.868. The highest BCUT2D eigenvalue weighted by atomic mass is 32.2. The second-order valence-corrected chi connectivity index (χ2v) is 6.15. The molecule has 102 valence electrons. The minimum Gasteiger partial charge on any atom is -0.480 e. The van der Waals surface area contributed by atoms with E-state index in [-0.39, 0.29) is 12.5 Å². The second-order valence-electron chi connectivity index (χ2n) is 4.69. The molecule has 0 aliphatic heterocycles. The highest BCUT2D eigenvalue weighted by Gasteiger charge is 2.42. The van der Waals surface area contributed by atoms with E-state index in [1.807, 2.05) is 30.3 Å². The fraction of sp³-hybridized carbons (Fsp3) is 0.429. The molecule has 19 heavy (non-hydrogen) atoms. The molecule has 1 aliphatic rings. The lowest BCUT2D eigenvalue weighted by atomic mass is 10.1. The van der Waals surface area contributed by atoms with E-state index >= 15 is 0 Å². The van der Waals surface area contributed by atoms with Gasteiger partial charge in [0, 0.05) is 4.90 Å². The van der Waals surface area contributed by atoms with Gasteiger partial charge in [-0.05, 0) is 25.0 Å². The first-order chi connectivity index (χ1) is 9.12. The average molecular weight is 279 g/mol. The summed E-state index contributed by atoms with van der Waals surface area (Å²) < 4.78 is -0.503. The highest BCUT2D eigenvalue weighted by Crippen LogP contribution is 2.45. The molecule has 0 radical (unpaired) electrons. The Hall–Kier alpha value is -1.49. The number of thioether (sulfide) groups is 1. The molecule has 4 nitrogen and oxygen atoms in total. The Balaban J connectivity index is 2.09. The number of hydrogen-bond acceptors (Lipinski definition) is 3. The smallest absolute Gasteiger partial charge is 0.322 e. The lowest BCUT2D eigenvalue weighted by molar-refractivity contribution is -0.138. The van der Waals surface area contributed by atoms with Crippen LogP contribution in [0.3, 0.4) is 0 Å². The molecular formula is C14H17NO3S. The van der Waals surface area contributed by atoms with E-state index in [0.29, 0.717) is 0 Å². The van der Waals surface area contributed by atoms with Crippen molar-refractivity contribution in [2.75, 3.05) is 6.54 Å². The summed E-state index contributed by atoms with van der Waals surface area (Å²) in [6, 6.07) is 9.79. The molecule has 1 aromatic rings. The van der Waals surface area contributed by atoms with Gasteiger partial charge < -0.3 is 10.4 Å². The van der Waals surface area contributed by atoms with E-state index in [0.717, 1.165) is 30.6 Å². The number of carbonyl (C=O) groups excluding carboxylic acids is 1. The van der Waals surface area contributed by atoms with Crippen LogP contribution in [0.1, 0.15) is 25.7 Å². The Morgan fingerprint density at radius 3 is 2.42 bits per heavy atom. The van der Waals surface area contributed by atoms with Crippen LogP contribution in [0.15, 0.2) is 35.2 Å². The van der Waals surface area contributed by atoms with E-state index in [9.17, 15) is 9.59 Å². The van der Waals surface area contributed by atoms with Crippen molar-refractivity contribution >= 4 is 23.6 Å². The molecular weight excluding hydrogens is 262 g/mol. The predicted octanol–water partition coefficient (Wildman–Crippen LogP) is 2.29. The summed E-state index contributed by atoms with van der Waals surface area (Å²) in [7, 11) is 0. The summed E-state index contributed by atoms with van der Waals surface area (Å²) in [5.74, 6) is -1.16. The number of carboxylic acids is 1. The SMILES string of the molecule is O=C(O)CNC(=O)C1(Sc2ccccc2)CCCC1. The Labute approximate surface area is 116 Å². The van der Waals surface area contributed by atoms with Gasteiger partial charge in [0.2, 0.25) is 5.91 Å². The molecule has 2 N–H and O–H groups in total. The Morgan fingerprint density at radius 1 is 1.21 bits per heavy atom. The summed E-state index contributed by atoms with van der Waals surface area (Å²) in [6.45, 7) is -0.310. The number of carbonyl (C=O) groups is 2. The highest BCUT2D eigenvalue weighted by molar-refractivity contribution is 8.01. The van der Waals surface area contributed by atoms with Gasteiger partial charge in [0.05, 0.1) is 4.75 Å². The molecule has 0 spiro atoms. The van der Waals surface area contributed by atoms with Crippen LogP contribution >= 0.6 is 11.8 Å². The molecule has 1 amide bonds. The van der Waals surface area contributed by atoms with Gasteiger partial charge in [0.25, 0.3) is 0 Å². The van der Waals surface area contributed by atoms with Crippen molar-refractivity contribution in [1.29, 1.82) is 0 Å². The number of aliphatic carboxylic acids is 1. The minimum atomic E-state index is -1.01. The maximum absolute atomic E-state index is 12.3. The third kappa shape index (κ3) is 3.50. The van der Waals surface area contributed by atoms with Crippen LogP contribution in [0, 0.1) is 0 Å². The zero-order valence-corrected chi connectivity index (χ0v) is 11.4. The zero-order chi connectivity index (χ0) is 13.7. The molecule has 1 aromatic carbocycles. The number of carboxylic acid groups (broad SMARTS) is 1. The molecule has 0 saturated heterocycles. The van der Waals surface area contributed by atoms with E-state index in [1.54, 1.807) is 11.8 Å². The predicted molar refractivity (Wildman–Crippen MR) is 74.1 cm³/mol. The number of hydrogen-bond donors (Lipinski definition) is 2. The van der Waals surface area contributed by atoms with Crippen molar-refractivity contribution in [3.63, 3.8) is 0 Å². The third-order valence-corrected chi connectivity index (χ3v) is 4.77. The van der Waals surface area contributed by atoms with Crippen molar-refractivity contribution in [3.8, 4) is 0 Å². The van der Waals surface area contributed by atoms with Crippen LogP contribution in [0.2, 0.25) is 0 Å². The van der Waals surface area contributed by atoms with Crippen LogP contribution in [-0.4, -0.2) is 28.3 Å². The van der Waals surface area contributed by atoms with E-state index in [1.165, 1.54) is 0 Å². The number of nitrogens with one attached hydrogen (secondary N) is 1. The van der Waals surface area contributed by atoms with Gasteiger partial charge in [0.15, 0.2) is 0 Å². The van der Waals surface area contributed by atoms with Crippen LogP contribution in [0.5, 0.6) is 0 Å². The number of benzene rings is 1. The van der Waals surface area contributed by atoms with E-state index < -0.39 is 10.7 Å². The molecule has 0 bridgehead atoms. The fourth-order valence-electron chi connectivity index (χ4n) is 2.35. The Bertz CT molecular complexity index is 455. The van der Waals surface area contributed by atoms with Crippen molar-refractivity contribution in [1.82, 2.24) is 5.32 Å². The van der Waals surface area contributed by atoms with Crippen molar-refractivity contribution in [2.24, 2.45) is 0 Å². The van der Waals surface area contributed by atoms with Crippen molar-refractivity contribution < 1.29 is 14.7 Å². The molecule has 0 atom stereocenters. The molecule has 0 heterocycles. The zero-order valence-electron chi connectivity index (χ0n) is 10.6. The first-order valence-electron chi connectivity index (χ1n) is 6.37. The number of rotatable bonds is 5. The van der Waals surface area contributed by atoms with Gasteiger partial charge in [0.1, 0.15) is 6.54 Å². The van der Waals surface area contributed by atoms with Crippen LogP contribution < -0.4 is 5.32 Å². The molecule has 1 fully saturated rings. The van der Waals surface area contributed by atoms with Crippen molar-refractivity contribution in [2.45, 2.75) is 35.3 Å². The molecule has 1 aliphatic carbocycles. The molecule has 1 saturated carbocycles. The third-order valence-electron chi connectivity index (χ3n) is 3.28. The maximum Gasteiger partial charge on any atom is 0.322 e. The first kappa shape index (κ1) is 13.9. The Kier molecular flexibility index (Phi) is 4.47. The van der Waals surface area contributed by atoms with Gasteiger partial charge in [-0.25, -0.2) is 0 Å². The average Bonchev–Trinajstić information content (AvgIpc) is 2.87. The molecule has 2 rings (SSSR count). The summed E-state index contributed by atoms with van der Waals surface area (Å²) in [6.07, 6.45) is 3.64. The van der Waals surface area contributed by atoms with Gasteiger partial charge in [-0.1, -0.05) is 31.0 Å². The van der Waals surface area contributed by atoms with Gasteiger partial charge >= 0.3 is 5.97 Å². The molecule has 5 heteroatoms. The summed E-state index contributed by atoms with van der Waals surface area (Å²) in [5, 5.41) is 11.2. The maximum atomic E-state index is 12.3. The summed E-state index contributed by atoms with van der Waals surface area (Å²) in [4.78, 5) is 23.9.